The van der Waals surface area contributed by atoms with Crippen molar-refractivity contribution < 1.29 is 4.74 Å². The third-order valence-electron chi connectivity index (χ3n) is 3.06. The Hall–Kier alpha value is -1.06. The van der Waals surface area contributed by atoms with Gasteiger partial charge in [0.05, 0.1) is 6.61 Å². The first-order valence-electron chi connectivity index (χ1n) is 6.76. The molecule has 0 radical (unpaired) electrons. The molecule has 0 aromatic heterocycles. The SMILES string of the molecule is CCN(CC)Cc1cccc(NC(C)COC)c1. The van der Waals surface area contributed by atoms with Gasteiger partial charge in [-0.05, 0) is 37.7 Å². The lowest BCUT2D eigenvalue weighted by atomic mass is 10.1. The zero-order valence-corrected chi connectivity index (χ0v) is 12.1. The van der Waals surface area contributed by atoms with Gasteiger partial charge in [-0.15, -0.1) is 0 Å². The van der Waals surface area contributed by atoms with Crippen LogP contribution in [0.25, 0.3) is 0 Å². The minimum Gasteiger partial charge on any atom is -0.383 e. The summed E-state index contributed by atoms with van der Waals surface area (Å²) in [4.78, 5) is 2.41. The third kappa shape index (κ3) is 5.07. The predicted molar refractivity (Wildman–Crippen MR) is 78.0 cm³/mol. The zero-order valence-electron chi connectivity index (χ0n) is 12.1. The molecule has 0 heterocycles. The van der Waals surface area contributed by atoms with Gasteiger partial charge in [-0.25, -0.2) is 0 Å². The van der Waals surface area contributed by atoms with Crippen LogP contribution >= 0.6 is 0 Å². The molecule has 1 unspecified atom stereocenters. The van der Waals surface area contributed by atoms with E-state index < -0.39 is 0 Å². The van der Waals surface area contributed by atoms with E-state index in [9.17, 15) is 0 Å². The number of methoxy groups -OCH3 is 1. The Balaban J connectivity index is 2.61. The second-order valence-corrected chi connectivity index (χ2v) is 4.66. The van der Waals surface area contributed by atoms with Crippen LogP contribution in [-0.2, 0) is 11.3 Å². The molecule has 0 aliphatic heterocycles. The highest BCUT2D eigenvalue weighted by molar-refractivity contribution is 5.46. The smallest absolute Gasteiger partial charge is 0.0661 e. The number of benzene rings is 1. The number of anilines is 1. The highest BCUT2D eigenvalue weighted by Crippen LogP contribution is 2.13. The van der Waals surface area contributed by atoms with Crippen LogP contribution in [0.5, 0.6) is 0 Å². The van der Waals surface area contributed by atoms with Crippen LogP contribution < -0.4 is 5.32 Å². The summed E-state index contributed by atoms with van der Waals surface area (Å²) < 4.78 is 5.13. The van der Waals surface area contributed by atoms with E-state index in [0.717, 1.165) is 26.2 Å². The third-order valence-corrected chi connectivity index (χ3v) is 3.06. The van der Waals surface area contributed by atoms with Crippen molar-refractivity contribution in [1.29, 1.82) is 0 Å². The van der Waals surface area contributed by atoms with Crippen LogP contribution in [0.4, 0.5) is 5.69 Å². The fourth-order valence-electron chi connectivity index (χ4n) is 2.04. The molecule has 0 bridgehead atoms. The van der Waals surface area contributed by atoms with Crippen molar-refractivity contribution in [2.75, 3.05) is 32.1 Å². The average Bonchev–Trinajstić information content (AvgIpc) is 2.36. The first kappa shape index (κ1) is 15.0. The summed E-state index contributed by atoms with van der Waals surface area (Å²) in [6, 6.07) is 8.96. The van der Waals surface area contributed by atoms with Crippen molar-refractivity contribution >= 4 is 5.69 Å². The normalized spacial score (nSPS) is 12.7. The van der Waals surface area contributed by atoms with Crippen LogP contribution in [-0.4, -0.2) is 37.7 Å². The predicted octanol–water partition coefficient (Wildman–Crippen LogP) is 2.98. The van der Waals surface area contributed by atoms with E-state index in [1.807, 2.05) is 0 Å². The van der Waals surface area contributed by atoms with E-state index in [1.54, 1.807) is 7.11 Å². The molecule has 0 fully saturated rings. The van der Waals surface area contributed by atoms with E-state index in [1.165, 1.54) is 11.3 Å². The molecule has 0 saturated heterocycles. The maximum Gasteiger partial charge on any atom is 0.0661 e. The second kappa shape index (κ2) is 8.11. The largest absolute Gasteiger partial charge is 0.383 e. The molecule has 3 nitrogen and oxygen atoms in total. The van der Waals surface area contributed by atoms with Gasteiger partial charge in [0.25, 0.3) is 0 Å². The molecule has 1 rings (SSSR count). The Kier molecular flexibility index (Phi) is 6.76. The minimum atomic E-state index is 0.332. The van der Waals surface area contributed by atoms with Gasteiger partial charge in [0.15, 0.2) is 0 Å². The summed E-state index contributed by atoms with van der Waals surface area (Å²) in [7, 11) is 1.73. The van der Waals surface area contributed by atoms with Gasteiger partial charge >= 0.3 is 0 Å². The zero-order chi connectivity index (χ0) is 13.4. The molecule has 1 aromatic rings. The van der Waals surface area contributed by atoms with Crippen molar-refractivity contribution in [3.8, 4) is 0 Å². The van der Waals surface area contributed by atoms with E-state index in [4.69, 9.17) is 4.74 Å². The van der Waals surface area contributed by atoms with Crippen LogP contribution in [0.2, 0.25) is 0 Å². The molecule has 18 heavy (non-hydrogen) atoms. The molecule has 1 aromatic carbocycles. The van der Waals surface area contributed by atoms with E-state index in [-0.39, 0.29) is 0 Å². The molecule has 3 heteroatoms. The van der Waals surface area contributed by atoms with Gasteiger partial charge in [0, 0.05) is 25.4 Å². The first-order chi connectivity index (χ1) is 8.69. The van der Waals surface area contributed by atoms with Crippen molar-refractivity contribution in [3.63, 3.8) is 0 Å². The Labute approximate surface area is 111 Å². The topological polar surface area (TPSA) is 24.5 Å². The van der Waals surface area contributed by atoms with Gasteiger partial charge in [-0.2, -0.15) is 0 Å². The number of hydrogen-bond acceptors (Lipinski definition) is 3. The number of ether oxygens (including phenoxy) is 1. The van der Waals surface area contributed by atoms with Crippen LogP contribution in [0.3, 0.4) is 0 Å². The Morgan fingerprint density at radius 1 is 1.28 bits per heavy atom. The van der Waals surface area contributed by atoms with E-state index in [2.05, 4.69) is 55.3 Å². The van der Waals surface area contributed by atoms with Gasteiger partial charge in [0.1, 0.15) is 0 Å². The molecule has 102 valence electrons. The van der Waals surface area contributed by atoms with Crippen molar-refractivity contribution in [2.24, 2.45) is 0 Å². The fraction of sp³-hybridized carbons (Fsp3) is 0.600. The van der Waals surface area contributed by atoms with Crippen LogP contribution in [0.15, 0.2) is 24.3 Å². The highest BCUT2D eigenvalue weighted by atomic mass is 16.5. The number of rotatable bonds is 8. The molecule has 0 saturated carbocycles. The van der Waals surface area contributed by atoms with Crippen molar-refractivity contribution in [2.45, 2.75) is 33.4 Å². The minimum absolute atomic E-state index is 0.332. The maximum atomic E-state index is 5.13. The number of nitrogens with zero attached hydrogens (tertiary/aromatic N) is 1. The summed E-state index contributed by atoms with van der Waals surface area (Å²) in [6.07, 6.45) is 0. The standard InChI is InChI=1S/C15H26N2O/c1-5-17(6-2)11-14-8-7-9-15(10-14)16-13(3)12-18-4/h7-10,13,16H,5-6,11-12H2,1-4H3. The Bertz CT molecular complexity index is 337. The Morgan fingerprint density at radius 2 is 2.00 bits per heavy atom. The van der Waals surface area contributed by atoms with Gasteiger partial charge < -0.3 is 10.1 Å². The van der Waals surface area contributed by atoms with Gasteiger partial charge in [-0.3, -0.25) is 4.90 Å². The fourth-order valence-corrected chi connectivity index (χ4v) is 2.04. The van der Waals surface area contributed by atoms with Gasteiger partial charge in [-0.1, -0.05) is 26.0 Å². The summed E-state index contributed by atoms with van der Waals surface area (Å²) in [5, 5.41) is 3.45. The molecular weight excluding hydrogens is 224 g/mol. The second-order valence-electron chi connectivity index (χ2n) is 4.66. The lowest BCUT2D eigenvalue weighted by molar-refractivity contribution is 0.190. The number of nitrogens with one attached hydrogen (secondary N) is 1. The van der Waals surface area contributed by atoms with E-state index >= 15 is 0 Å². The summed E-state index contributed by atoms with van der Waals surface area (Å²) in [6.45, 7) is 10.4. The molecule has 1 atom stereocenters. The Morgan fingerprint density at radius 3 is 2.61 bits per heavy atom. The number of hydrogen-bond donors (Lipinski definition) is 1. The molecule has 0 amide bonds. The van der Waals surface area contributed by atoms with Crippen molar-refractivity contribution in [1.82, 2.24) is 4.90 Å². The average molecular weight is 250 g/mol. The van der Waals surface area contributed by atoms with Crippen LogP contribution in [0, 0.1) is 0 Å². The monoisotopic (exact) mass is 250 g/mol. The molecule has 0 aliphatic carbocycles. The molecule has 0 spiro atoms. The lowest BCUT2D eigenvalue weighted by Crippen LogP contribution is -2.23. The highest BCUT2D eigenvalue weighted by Gasteiger charge is 2.04. The first-order valence-corrected chi connectivity index (χ1v) is 6.76. The molecular formula is C15H26N2O. The molecule has 1 N–H and O–H groups in total. The summed E-state index contributed by atoms with van der Waals surface area (Å²) in [5.74, 6) is 0. The lowest BCUT2D eigenvalue weighted by Gasteiger charge is -2.19. The van der Waals surface area contributed by atoms with Gasteiger partial charge in [0.2, 0.25) is 0 Å². The maximum absolute atomic E-state index is 5.13. The van der Waals surface area contributed by atoms with E-state index in [0.29, 0.717) is 6.04 Å². The van der Waals surface area contributed by atoms with Crippen molar-refractivity contribution in [3.05, 3.63) is 29.8 Å². The summed E-state index contributed by atoms with van der Waals surface area (Å²) in [5.41, 5.74) is 2.53. The molecule has 0 aliphatic rings. The quantitative estimate of drug-likeness (QED) is 0.767. The van der Waals surface area contributed by atoms with Crippen LogP contribution in [0.1, 0.15) is 26.3 Å². The summed E-state index contributed by atoms with van der Waals surface area (Å²) >= 11 is 0.